The van der Waals surface area contributed by atoms with Crippen LogP contribution in [0.3, 0.4) is 0 Å². The van der Waals surface area contributed by atoms with Gasteiger partial charge in [-0.15, -0.1) is 0 Å². The number of nitrogens with zero attached hydrogens (tertiary/aromatic N) is 5. The molecule has 1 aliphatic heterocycles. The number of fused-ring (bicyclic) bond motifs is 1. The largest absolute Gasteiger partial charge is 0.488 e. The molecular weight excluding hydrogens is 412 g/mol. The lowest BCUT2D eigenvalue weighted by atomic mass is 10.1. The van der Waals surface area contributed by atoms with E-state index in [4.69, 9.17) is 4.74 Å². The molecule has 33 heavy (non-hydrogen) atoms. The number of H-pyrrole nitrogens is 1. The second kappa shape index (κ2) is 7.97. The van der Waals surface area contributed by atoms with Gasteiger partial charge in [0.2, 0.25) is 0 Å². The standard InChI is InChI=1S/C26H34N6O/c1-17(12-19-4-5-19)32-11-10-31(15-18(32)2)24-14-23(27-16-28-24)25-21-13-20(33-26(3)8-9-26)6-7-22(21)29-30-25/h6-7,13-14,16-19H,4-5,8-12,15H2,1-3H3,(H,29,30)/t17?,18-/m1/s1. The molecule has 0 amide bonds. The van der Waals surface area contributed by atoms with Crippen molar-refractivity contribution < 1.29 is 4.74 Å². The van der Waals surface area contributed by atoms with Crippen LogP contribution in [0.4, 0.5) is 5.82 Å². The number of aromatic amines is 1. The smallest absolute Gasteiger partial charge is 0.132 e. The fraction of sp³-hybridized carbons (Fsp3) is 0.577. The van der Waals surface area contributed by atoms with Gasteiger partial charge in [0.1, 0.15) is 29.2 Å². The molecule has 7 heteroatoms. The van der Waals surface area contributed by atoms with Crippen molar-refractivity contribution >= 4 is 16.7 Å². The highest BCUT2D eigenvalue weighted by atomic mass is 16.5. The molecule has 1 N–H and O–H groups in total. The summed E-state index contributed by atoms with van der Waals surface area (Å²) in [6, 6.07) is 9.41. The molecule has 7 nitrogen and oxygen atoms in total. The van der Waals surface area contributed by atoms with Crippen LogP contribution in [0.2, 0.25) is 0 Å². The minimum Gasteiger partial charge on any atom is -0.488 e. The number of piperazine rings is 1. The van der Waals surface area contributed by atoms with Gasteiger partial charge in [0, 0.05) is 43.2 Å². The van der Waals surface area contributed by atoms with Crippen LogP contribution in [0.15, 0.2) is 30.6 Å². The van der Waals surface area contributed by atoms with Gasteiger partial charge in [-0.1, -0.05) is 12.8 Å². The number of ether oxygens (including phenoxy) is 1. The maximum atomic E-state index is 6.18. The van der Waals surface area contributed by atoms with Crippen molar-refractivity contribution in [3.8, 4) is 17.1 Å². The molecule has 1 aromatic carbocycles. The summed E-state index contributed by atoms with van der Waals surface area (Å²) >= 11 is 0. The predicted molar refractivity (Wildman–Crippen MR) is 131 cm³/mol. The summed E-state index contributed by atoms with van der Waals surface area (Å²) in [6.07, 6.45) is 8.10. The molecular formula is C26H34N6O. The van der Waals surface area contributed by atoms with Crippen molar-refractivity contribution in [2.24, 2.45) is 5.92 Å². The Morgan fingerprint density at radius 3 is 2.79 bits per heavy atom. The molecule has 1 saturated heterocycles. The lowest BCUT2D eigenvalue weighted by Gasteiger charge is -2.43. The van der Waals surface area contributed by atoms with Gasteiger partial charge in [-0.05, 0) is 64.2 Å². The topological polar surface area (TPSA) is 70.2 Å². The van der Waals surface area contributed by atoms with Gasteiger partial charge in [-0.2, -0.15) is 5.10 Å². The summed E-state index contributed by atoms with van der Waals surface area (Å²) in [6.45, 7) is 9.98. The molecule has 0 bridgehead atoms. The third-order valence-electron chi connectivity index (χ3n) is 7.69. The van der Waals surface area contributed by atoms with Crippen molar-refractivity contribution in [2.75, 3.05) is 24.5 Å². The number of anilines is 1. The summed E-state index contributed by atoms with van der Waals surface area (Å²) in [5.74, 6) is 2.84. The van der Waals surface area contributed by atoms with Crippen molar-refractivity contribution in [1.29, 1.82) is 0 Å². The van der Waals surface area contributed by atoms with Crippen LogP contribution >= 0.6 is 0 Å². The molecule has 6 rings (SSSR count). The Hall–Kier alpha value is -2.67. The third kappa shape index (κ3) is 4.31. The minimum absolute atomic E-state index is 0.00530. The van der Waals surface area contributed by atoms with Gasteiger partial charge in [-0.3, -0.25) is 10.00 Å². The first-order chi connectivity index (χ1) is 16.0. The van der Waals surface area contributed by atoms with Crippen LogP contribution in [0.25, 0.3) is 22.3 Å². The van der Waals surface area contributed by atoms with Gasteiger partial charge >= 0.3 is 0 Å². The molecule has 3 heterocycles. The van der Waals surface area contributed by atoms with Crippen LogP contribution < -0.4 is 9.64 Å². The molecule has 3 aliphatic rings. The Bertz CT molecular complexity index is 1150. The van der Waals surface area contributed by atoms with Gasteiger partial charge in [-0.25, -0.2) is 9.97 Å². The van der Waals surface area contributed by atoms with E-state index in [0.29, 0.717) is 12.1 Å². The lowest BCUT2D eigenvalue weighted by molar-refractivity contribution is 0.128. The number of hydrogen-bond acceptors (Lipinski definition) is 6. The second-order valence-corrected chi connectivity index (χ2v) is 10.7. The predicted octanol–water partition coefficient (Wildman–Crippen LogP) is 4.65. The van der Waals surface area contributed by atoms with Crippen LogP contribution in [0.5, 0.6) is 5.75 Å². The zero-order chi connectivity index (χ0) is 22.6. The Morgan fingerprint density at radius 1 is 1.18 bits per heavy atom. The molecule has 174 valence electrons. The maximum Gasteiger partial charge on any atom is 0.132 e. The summed E-state index contributed by atoms with van der Waals surface area (Å²) in [5, 5.41) is 8.78. The number of aromatic nitrogens is 4. The van der Waals surface area contributed by atoms with Crippen LogP contribution in [-0.4, -0.2) is 62.4 Å². The van der Waals surface area contributed by atoms with Crippen LogP contribution in [-0.2, 0) is 0 Å². The Morgan fingerprint density at radius 2 is 2.03 bits per heavy atom. The second-order valence-electron chi connectivity index (χ2n) is 10.7. The van der Waals surface area contributed by atoms with E-state index in [-0.39, 0.29) is 5.60 Å². The lowest BCUT2D eigenvalue weighted by Crippen LogP contribution is -2.55. The van der Waals surface area contributed by atoms with E-state index in [1.807, 2.05) is 12.1 Å². The monoisotopic (exact) mass is 446 g/mol. The fourth-order valence-electron chi connectivity index (χ4n) is 5.27. The van der Waals surface area contributed by atoms with E-state index in [9.17, 15) is 0 Å². The Labute approximate surface area is 195 Å². The van der Waals surface area contributed by atoms with E-state index in [2.05, 4.69) is 62.9 Å². The molecule has 1 unspecified atom stereocenters. The number of nitrogens with one attached hydrogen (secondary N) is 1. The Balaban J connectivity index is 1.21. The average Bonchev–Trinajstić information content (AvgIpc) is 3.72. The van der Waals surface area contributed by atoms with Crippen LogP contribution in [0, 0.1) is 5.92 Å². The fourth-order valence-corrected chi connectivity index (χ4v) is 5.27. The van der Waals surface area contributed by atoms with Crippen molar-refractivity contribution in [3.05, 3.63) is 30.6 Å². The number of rotatable bonds is 7. The summed E-state index contributed by atoms with van der Waals surface area (Å²) < 4.78 is 6.18. The average molecular weight is 447 g/mol. The first kappa shape index (κ1) is 20.9. The van der Waals surface area contributed by atoms with E-state index < -0.39 is 0 Å². The minimum atomic E-state index is -0.00530. The normalized spacial score (nSPS) is 23.6. The highest BCUT2D eigenvalue weighted by Crippen LogP contribution is 2.40. The van der Waals surface area contributed by atoms with E-state index >= 15 is 0 Å². The quantitative estimate of drug-likeness (QED) is 0.570. The summed E-state index contributed by atoms with van der Waals surface area (Å²) in [7, 11) is 0. The SMILES string of the molecule is CC(CC1CC1)N1CCN(c2cc(-c3n[nH]c4ccc(OC5(C)CC5)cc34)ncn2)C[C@H]1C. The maximum absolute atomic E-state index is 6.18. The van der Waals surface area contributed by atoms with Crippen molar-refractivity contribution in [1.82, 2.24) is 25.1 Å². The molecule has 2 aromatic heterocycles. The van der Waals surface area contributed by atoms with E-state index in [1.54, 1.807) is 6.33 Å². The highest BCUT2D eigenvalue weighted by molar-refractivity contribution is 5.93. The van der Waals surface area contributed by atoms with Crippen molar-refractivity contribution in [3.63, 3.8) is 0 Å². The van der Waals surface area contributed by atoms with E-state index in [0.717, 1.165) is 72.3 Å². The Kier molecular flexibility index (Phi) is 5.05. The van der Waals surface area contributed by atoms with Gasteiger partial charge in [0.05, 0.1) is 11.2 Å². The van der Waals surface area contributed by atoms with Crippen LogP contribution in [0.1, 0.15) is 52.9 Å². The first-order valence-corrected chi connectivity index (χ1v) is 12.5. The number of benzene rings is 1. The molecule has 3 aromatic rings. The molecule has 0 radical (unpaired) electrons. The molecule has 2 atom stereocenters. The highest BCUT2D eigenvalue weighted by Gasteiger charge is 2.40. The number of hydrogen-bond donors (Lipinski definition) is 1. The summed E-state index contributed by atoms with van der Waals surface area (Å²) in [5.41, 5.74) is 2.68. The van der Waals surface area contributed by atoms with E-state index in [1.165, 1.54) is 19.3 Å². The zero-order valence-corrected chi connectivity index (χ0v) is 19.9. The third-order valence-corrected chi connectivity index (χ3v) is 7.69. The summed E-state index contributed by atoms with van der Waals surface area (Å²) in [4.78, 5) is 14.3. The van der Waals surface area contributed by atoms with Gasteiger partial charge < -0.3 is 9.64 Å². The molecule has 0 spiro atoms. The van der Waals surface area contributed by atoms with Gasteiger partial charge in [0.15, 0.2) is 0 Å². The van der Waals surface area contributed by atoms with Crippen molar-refractivity contribution in [2.45, 2.75) is 70.6 Å². The molecule has 2 saturated carbocycles. The molecule has 3 fully saturated rings. The van der Waals surface area contributed by atoms with Gasteiger partial charge in [0.25, 0.3) is 0 Å². The molecule has 2 aliphatic carbocycles. The zero-order valence-electron chi connectivity index (χ0n) is 19.9. The first-order valence-electron chi connectivity index (χ1n) is 12.5.